The fourth-order valence-corrected chi connectivity index (χ4v) is 2.41. The van der Waals surface area contributed by atoms with E-state index in [9.17, 15) is 0 Å². The molecule has 2 heterocycles. The summed E-state index contributed by atoms with van der Waals surface area (Å²) in [5.41, 5.74) is 0.866. The highest BCUT2D eigenvalue weighted by Gasteiger charge is 2.18. The Balaban J connectivity index is 1.76. The van der Waals surface area contributed by atoms with Crippen molar-refractivity contribution in [2.24, 2.45) is 5.92 Å². The Morgan fingerprint density at radius 1 is 1.44 bits per heavy atom. The van der Waals surface area contributed by atoms with Crippen LogP contribution in [0, 0.1) is 5.92 Å². The molecule has 1 N–H and O–H groups in total. The molecule has 4 nitrogen and oxygen atoms in total. The number of nitrogens with zero attached hydrogens (tertiary/aromatic N) is 2. The fraction of sp³-hybridized carbons (Fsp3) is 0.385. The van der Waals surface area contributed by atoms with Crippen molar-refractivity contribution in [3.05, 3.63) is 35.1 Å². The van der Waals surface area contributed by atoms with E-state index in [4.69, 9.17) is 16.1 Å². The van der Waals surface area contributed by atoms with Gasteiger partial charge in [-0.05, 0) is 43.6 Å². The first-order valence-corrected chi connectivity index (χ1v) is 6.48. The van der Waals surface area contributed by atoms with E-state index in [1.54, 1.807) is 0 Å². The van der Waals surface area contributed by atoms with Gasteiger partial charge in [-0.3, -0.25) is 0 Å². The molecule has 0 saturated carbocycles. The SMILES string of the molecule is Clc1cccc(-c2nc(CC3CCNC3)no2)c1. The van der Waals surface area contributed by atoms with Crippen molar-refractivity contribution in [3.63, 3.8) is 0 Å². The molecule has 0 aliphatic carbocycles. The van der Waals surface area contributed by atoms with Crippen LogP contribution in [0.1, 0.15) is 12.2 Å². The van der Waals surface area contributed by atoms with Crippen LogP contribution in [0.25, 0.3) is 11.5 Å². The summed E-state index contributed by atoms with van der Waals surface area (Å²) < 4.78 is 5.28. The van der Waals surface area contributed by atoms with Gasteiger partial charge in [-0.25, -0.2) is 0 Å². The first-order chi connectivity index (χ1) is 8.81. The molecule has 0 spiro atoms. The topological polar surface area (TPSA) is 51.0 Å². The second kappa shape index (κ2) is 5.08. The molecule has 0 amide bonds. The number of hydrogen-bond donors (Lipinski definition) is 1. The van der Waals surface area contributed by atoms with Gasteiger partial charge in [0, 0.05) is 17.0 Å². The minimum Gasteiger partial charge on any atom is -0.334 e. The third-order valence-electron chi connectivity index (χ3n) is 3.17. The summed E-state index contributed by atoms with van der Waals surface area (Å²) >= 11 is 5.94. The second-order valence-electron chi connectivity index (χ2n) is 4.59. The van der Waals surface area contributed by atoms with Crippen molar-refractivity contribution in [1.29, 1.82) is 0 Å². The number of aromatic nitrogens is 2. The highest BCUT2D eigenvalue weighted by molar-refractivity contribution is 6.30. The summed E-state index contributed by atoms with van der Waals surface area (Å²) in [5.74, 6) is 1.94. The van der Waals surface area contributed by atoms with Crippen molar-refractivity contribution in [1.82, 2.24) is 15.5 Å². The summed E-state index contributed by atoms with van der Waals surface area (Å²) in [6.45, 7) is 2.13. The third kappa shape index (κ3) is 2.54. The van der Waals surface area contributed by atoms with Gasteiger partial charge < -0.3 is 9.84 Å². The molecule has 94 valence electrons. The molecule has 1 fully saturated rings. The lowest BCUT2D eigenvalue weighted by molar-refractivity contribution is 0.415. The van der Waals surface area contributed by atoms with Crippen molar-refractivity contribution in [2.75, 3.05) is 13.1 Å². The van der Waals surface area contributed by atoms with Crippen LogP contribution in [0.2, 0.25) is 5.02 Å². The van der Waals surface area contributed by atoms with E-state index in [-0.39, 0.29) is 0 Å². The van der Waals surface area contributed by atoms with E-state index in [2.05, 4.69) is 15.5 Å². The maximum atomic E-state index is 5.94. The van der Waals surface area contributed by atoms with Gasteiger partial charge in [0.2, 0.25) is 0 Å². The molecule has 0 radical (unpaired) electrons. The molecule has 1 aliphatic rings. The summed E-state index contributed by atoms with van der Waals surface area (Å²) in [6, 6.07) is 7.45. The molecule has 1 saturated heterocycles. The Morgan fingerprint density at radius 3 is 3.17 bits per heavy atom. The van der Waals surface area contributed by atoms with Gasteiger partial charge in [0.25, 0.3) is 5.89 Å². The summed E-state index contributed by atoms with van der Waals surface area (Å²) in [4.78, 5) is 4.42. The second-order valence-corrected chi connectivity index (χ2v) is 5.03. The van der Waals surface area contributed by atoms with Gasteiger partial charge in [0.15, 0.2) is 5.82 Å². The lowest BCUT2D eigenvalue weighted by Gasteiger charge is -2.02. The molecule has 1 aliphatic heterocycles. The van der Waals surface area contributed by atoms with Crippen molar-refractivity contribution in [2.45, 2.75) is 12.8 Å². The molecule has 0 bridgehead atoms. The maximum Gasteiger partial charge on any atom is 0.257 e. The van der Waals surface area contributed by atoms with Gasteiger partial charge in [-0.15, -0.1) is 0 Å². The lowest BCUT2D eigenvalue weighted by atomic mass is 10.1. The van der Waals surface area contributed by atoms with Crippen LogP contribution in [0.5, 0.6) is 0 Å². The van der Waals surface area contributed by atoms with Crippen LogP contribution in [0.15, 0.2) is 28.8 Å². The van der Waals surface area contributed by atoms with Crippen molar-refractivity contribution < 1.29 is 4.52 Å². The zero-order valence-electron chi connectivity index (χ0n) is 9.90. The zero-order chi connectivity index (χ0) is 12.4. The summed E-state index contributed by atoms with van der Waals surface area (Å²) in [6.07, 6.45) is 2.05. The molecule has 3 rings (SSSR count). The molecule has 1 aromatic heterocycles. The first-order valence-electron chi connectivity index (χ1n) is 6.10. The van der Waals surface area contributed by atoms with E-state index < -0.39 is 0 Å². The predicted octanol–water partition coefficient (Wildman–Crippen LogP) is 2.54. The summed E-state index contributed by atoms with van der Waals surface area (Å²) in [7, 11) is 0. The van der Waals surface area contributed by atoms with Crippen LogP contribution in [-0.4, -0.2) is 23.2 Å². The van der Waals surface area contributed by atoms with Crippen LogP contribution >= 0.6 is 11.6 Å². The molecular formula is C13H14ClN3O. The minimum absolute atomic E-state index is 0.540. The van der Waals surface area contributed by atoms with Crippen molar-refractivity contribution >= 4 is 11.6 Å². The zero-order valence-corrected chi connectivity index (χ0v) is 10.7. The average molecular weight is 264 g/mol. The van der Waals surface area contributed by atoms with Gasteiger partial charge >= 0.3 is 0 Å². The van der Waals surface area contributed by atoms with Crippen LogP contribution in [0.3, 0.4) is 0 Å². The smallest absolute Gasteiger partial charge is 0.257 e. The van der Waals surface area contributed by atoms with E-state index >= 15 is 0 Å². The van der Waals surface area contributed by atoms with E-state index in [0.29, 0.717) is 16.8 Å². The number of hydrogen-bond acceptors (Lipinski definition) is 4. The quantitative estimate of drug-likeness (QED) is 0.925. The largest absolute Gasteiger partial charge is 0.334 e. The van der Waals surface area contributed by atoms with Crippen LogP contribution in [-0.2, 0) is 6.42 Å². The van der Waals surface area contributed by atoms with Crippen LogP contribution in [0.4, 0.5) is 0 Å². The Bertz CT molecular complexity index is 535. The third-order valence-corrected chi connectivity index (χ3v) is 3.41. The molecule has 1 unspecified atom stereocenters. The number of rotatable bonds is 3. The Labute approximate surface area is 110 Å². The van der Waals surface area contributed by atoms with Gasteiger partial charge in [0.05, 0.1) is 0 Å². The molecule has 2 aromatic rings. The van der Waals surface area contributed by atoms with Gasteiger partial charge in [0.1, 0.15) is 0 Å². The fourth-order valence-electron chi connectivity index (χ4n) is 2.22. The normalized spacial score (nSPS) is 19.3. The van der Waals surface area contributed by atoms with E-state index in [1.807, 2.05) is 24.3 Å². The Morgan fingerprint density at radius 2 is 2.39 bits per heavy atom. The number of nitrogens with one attached hydrogen (secondary N) is 1. The van der Waals surface area contributed by atoms with E-state index in [0.717, 1.165) is 30.9 Å². The number of halogens is 1. The van der Waals surface area contributed by atoms with Gasteiger partial charge in [-0.1, -0.05) is 22.8 Å². The van der Waals surface area contributed by atoms with E-state index in [1.165, 1.54) is 6.42 Å². The van der Waals surface area contributed by atoms with Crippen LogP contribution < -0.4 is 5.32 Å². The Hall–Kier alpha value is -1.39. The van der Waals surface area contributed by atoms with Crippen molar-refractivity contribution in [3.8, 4) is 11.5 Å². The standard InChI is InChI=1S/C13H14ClN3O/c14-11-3-1-2-10(7-11)13-16-12(17-18-13)6-9-4-5-15-8-9/h1-3,7,9,15H,4-6,8H2. The first kappa shape index (κ1) is 11.7. The molecule has 18 heavy (non-hydrogen) atoms. The molecule has 5 heteroatoms. The average Bonchev–Trinajstić information content (AvgIpc) is 3.01. The monoisotopic (exact) mass is 263 g/mol. The highest BCUT2D eigenvalue weighted by Crippen LogP contribution is 2.22. The maximum absolute atomic E-state index is 5.94. The molecular weight excluding hydrogens is 250 g/mol. The van der Waals surface area contributed by atoms with Gasteiger partial charge in [-0.2, -0.15) is 4.98 Å². The molecule has 1 aromatic carbocycles. The minimum atomic E-state index is 0.540. The highest BCUT2D eigenvalue weighted by atomic mass is 35.5. The Kier molecular flexibility index (Phi) is 3.30. The molecule has 1 atom stereocenters. The summed E-state index contributed by atoms with van der Waals surface area (Å²) in [5, 5.41) is 8.04. The lowest BCUT2D eigenvalue weighted by Crippen LogP contribution is -2.11. The predicted molar refractivity (Wildman–Crippen MR) is 69.4 cm³/mol. The number of benzene rings is 1.